The van der Waals surface area contributed by atoms with E-state index in [1.165, 1.54) is 30.0 Å². The van der Waals surface area contributed by atoms with Crippen LogP contribution < -0.4 is 10.0 Å². The number of carbonyl (C=O) groups excluding carboxylic acids is 2. The van der Waals surface area contributed by atoms with Crippen LogP contribution >= 0.6 is 23.1 Å². The van der Waals surface area contributed by atoms with Gasteiger partial charge < -0.3 is 5.32 Å². The first-order chi connectivity index (χ1) is 13.2. The summed E-state index contributed by atoms with van der Waals surface area (Å²) in [6.07, 6.45) is 1.09. The quantitative estimate of drug-likeness (QED) is 0.434. The molecule has 0 aliphatic rings. The molecule has 0 unspecified atom stereocenters. The molecular formula is C18H17N3O4S3. The lowest BCUT2D eigenvalue weighted by molar-refractivity contribution is -0.113. The SMILES string of the molecule is CC(=O)c1cccc(NC(=O)CSc2nc3ccc(NS(C)(=O)=O)cc3s2)c1. The number of thioether (sulfide) groups is 1. The number of nitrogens with one attached hydrogen (secondary N) is 2. The van der Waals surface area contributed by atoms with Crippen LogP contribution in [-0.4, -0.2) is 37.1 Å². The zero-order chi connectivity index (χ0) is 20.3. The Bertz CT molecular complexity index is 1160. The molecule has 2 aromatic carbocycles. The number of hydrogen-bond acceptors (Lipinski definition) is 7. The fraction of sp³-hybridized carbons (Fsp3) is 0.167. The molecular weight excluding hydrogens is 418 g/mol. The summed E-state index contributed by atoms with van der Waals surface area (Å²) in [6, 6.07) is 11.9. The molecule has 1 amide bonds. The van der Waals surface area contributed by atoms with Crippen molar-refractivity contribution >= 4 is 66.4 Å². The normalized spacial score (nSPS) is 11.4. The Morgan fingerprint density at radius 1 is 1.14 bits per heavy atom. The predicted molar refractivity (Wildman–Crippen MR) is 114 cm³/mol. The maximum Gasteiger partial charge on any atom is 0.234 e. The second-order valence-corrected chi connectivity index (χ2v) is 10.0. The Balaban J connectivity index is 1.64. The van der Waals surface area contributed by atoms with E-state index in [9.17, 15) is 18.0 Å². The number of sulfonamides is 1. The van der Waals surface area contributed by atoms with Crippen LogP contribution in [0.2, 0.25) is 0 Å². The number of rotatable bonds is 7. The summed E-state index contributed by atoms with van der Waals surface area (Å²) in [5.74, 6) is -0.104. The molecule has 0 aliphatic carbocycles. The number of fused-ring (bicyclic) bond motifs is 1. The number of carbonyl (C=O) groups is 2. The molecule has 0 spiro atoms. The molecule has 0 atom stereocenters. The molecule has 28 heavy (non-hydrogen) atoms. The van der Waals surface area contributed by atoms with Crippen molar-refractivity contribution in [3.8, 4) is 0 Å². The maximum atomic E-state index is 12.2. The highest BCUT2D eigenvalue weighted by Crippen LogP contribution is 2.31. The van der Waals surface area contributed by atoms with E-state index in [1.54, 1.807) is 42.5 Å². The van der Waals surface area contributed by atoms with Crippen LogP contribution in [0.1, 0.15) is 17.3 Å². The fourth-order valence-corrected chi connectivity index (χ4v) is 4.85. The van der Waals surface area contributed by atoms with E-state index >= 15 is 0 Å². The molecule has 3 rings (SSSR count). The first kappa shape index (κ1) is 20.3. The van der Waals surface area contributed by atoms with Gasteiger partial charge in [-0.15, -0.1) is 11.3 Å². The van der Waals surface area contributed by atoms with Gasteiger partial charge in [0, 0.05) is 11.3 Å². The minimum atomic E-state index is -3.34. The van der Waals surface area contributed by atoms with Gasteiger partial charge in [0.1, 0.15) is 0 Å². The molecule has 0 fully saturated rings. The van der Waals surface area contributed by atoms with Crippen molar-refractivity contribution in [3.05, 3.63) is 48.0 Å². The van der Waals surface area contributed by atoms with Gasteiger partial charge >= 0.3 is 0 Å². The molecule has 0 saturated heterocycles. The number of Topliss-reactive ketones (excluding diaryl/α,β-unsaturated/α-hetero) is 1. The summed E-state index contributed by atoms with van der Waals surface area (Å²) in [7, 11) is -3.34. The third kappa shape index (κ3) is 5.54. The van der Waals surface area contributed by atoms with Crippen LogP contribution in [-0.2, 0) is 14.8 Å². The van der Waals surface area contributed by atoms with Crippen LogP contribution in [0.5, 0.6) is 0 Å². The Kier molecular flexibility index (Phi) is 6.01. The van der Waals surface area contributed by atoms with Crippen LogP contribution in [0, 0.1) is 0 Å². The average Bonchev–Trinajstić information content (AvgIpc) is 3.01. The minimum absolute atomic E-state index is 0.0651. The molecule has 1 heterocycles. The summed E-state index contributed by atoms with van der Waals surface area (Å²) in [5.41, 5.74) is 2.31. The van der Waals surface area contributed by atoms with Crippen molar-refractivity contribution in [2.24, 2.45) is 0 Å². The van der Waals surface area contributed by atoms with E-state index in [0.717, 1.165) is 16.5 Å². The van der Waals surface area contributed by atoms with Crippen molar-refractivity contribution < 1.29 is 18.0 Å². The third-order valence-electron chi connectivity index (χ3n) is 3.55. The van der Waals surface area contributed by atoms with Gasteiger partial charge in [-0.1, -0.05) is 23.9 Å². The van der Waals surface area contributed by atoms with Crippen LogP contribution in [0.15, 0.2) is 46.8 Å². The summed E-state index contributed by atoms with van der Waals surface area (Å²) >= 11 is 2.68. The van der Waals surface area contributed by atoms with Gasteiger partial charge in [0.15, 0.2) is 10.1 Å². The predicted octanol–water partition coefficient (Wildman–Crippen LogP) is 3.60. The molecule has 0 radical (unpaired) electrons. The monoisotopic (exact) mass is 435 g/mol. The summed E-state index contributed by atoms with van der Waals surface area (Å²) < 4.78 is 26.6. The van der Waals surface area contributed by atoms with Gasteiger partial charge in [-0.25, -0.2) is 13.4 Å². The number of nitrogens with zero attached hydrogens (tertiary/aromatic N) is 1. The molecule has 0 aliphatic heterocycles. The molecule has 146 valence electrons. The molecule has 0 bridgehead atoms. The highest BCUT2D eigenvalue weighted by Gasteiger charge is 2.10. The van der Waals surface area contributed by atoms with Gasteiger partial charge in [-0.3, -0.25) is 14.3 Å². The first-order valence-corrected chi connectivity index (χ1v) is 11.8. The highest BCUT2D eigenvalue weighted by molar-refractivity contribution is 8.01. The molecule has 0 saturated carbocycles. The average molecular weight is 436 g/mol. The van der Waals surface area contributed by atoms with E-state index < -0.39 is 10.0 Å². The number of anilines is 2. The Hall–Kier alpha value is -2.43. The molecule has 1 aromatic heterocycles. The zero-order valence-corrected chi connectivity index (χ0v) is 17.5. The smallest absolute Gasteiger partial charge is 0.234 e. The molecule has 3 aromatic rings. The number of benzene rings is 2. The lowest BCUT2D eigenvalue weighted by atomic mass is 10.1. The van der Waals surface area contributed by atoms with Crippen LogP contribution in [0.25, 0.3) is 10.2 Å². The van der Waals surface area contributed by atoms with E-state index in [-0.39, 0.29) is 17.4 Å². The molecule has 10 heteroatoms. The van der Waals surface area contributed by atoms with E-state index in [1.807, 2.05) is 0 Å². The lowest BCUT2D eigenvalue weighted by Gasteiger charge is -2.05. The number of aromatic nitrogens is 1. The number of thiazole rings is 1. The van der Waals surface area contributed by atoms with Crippen molar-refractivity contribution in [3.63, 3.8) is 0 Å². The van der Waals surface area contributed by atoms with E-state index in [2.05, 4.69) is 15.0 Å². The Morgan fingerprint density at radius 2 is 1.93 bits per heavy atom. The van der Waals surface area contributed by atoms with Gasteiger partial charge in [0.25, 0.3) is 0 Å². The standard InChI is InChI=1S/C18H17N3O4S3/c1-11(22)12-4-3-5-13(8-12)19-17(23)10-26-18-20-15-7-6-14(9-16(15)27-18)21-28(2,24)25/h3-9,21H,10H2,1-2H3,(H,19,23). The van der Waals surface area contributed by atoms with Crippen LogP contribution in [0.4, 0.5) is 11.4 Å². The second kappa shape index (κ2) is 8.29. The molecule has 7 nitrogen and oxygen atoms in total. The summed E-state index contributed by atoms with van der Waals surface area (Å²) in [5, 5.41) is 2.76. The largest absolute Gasteiger partial charge is 0.325 e. The van der Waals surface area contributed by atoms with Gasteiger partial charge in [0.2, 0.25) is 15.9 Å². The van der Waals surface area contributed by atoms with E-state index in [4.69, 9.17) is 0 Å². The number of hydrogen-bond donors (Lipinski definition) is 2. The first-order valence-electron chi connectivity index (χ1n) is 8.12. The van der Waals surface area contributed by atoms with Gasteiger partial charge in [-0.05, 0) is 37.3 Å². The van der Waals surface area contributed by atoms with Crippen molar-refractivity contribution in [2.75, 3.05) is 22.0 Å². The van der Waals surface area contributed by atoms with Crippen molar-refractivity contribution in [2.45, 2.75) is 11.3 Å². The fourth-order valence-electron chi connectivity index (χ4n) is 2.38. The number of ketones is 1. The maximum absolute atomic E-state index is 12.2. The lowest BCUT2D eigenvalue weighted by Crippen LogP contribution is -2.14. The third-order valence-corrected chi connectivity index (χ3v) is 6.32. The minimum Gasteiger partial charge on any atom is -0.325 e. The summed E-state index contributed by atoms with van der Waals surface area (Å²) in [6.45, 7) is 1.47. The van der Waals surface area contributed by atoms with E-state index in [0.29, 0.717) is 21.3 Å². The van der Waals surface area contributed by atoms with Crippen molar-refractivity contribution in [1.29, 1.82) is 0 Å². The van der Waals surface area contributed by atoms with Crippen LogP contribution in [0.3, 0.4) is 0 Å². The number of amides is 1. The van der Waals surface area contributed by atoms with Gasteiger partial charge in [0.05, 0.1) is 27.9 Å². The highest BCUT2D eigenvalue weighted by atomic mass is 32.2. The second-order valence-electron chi connectivity index (χ2n) is 6.01. The zero-order valence-electron chi connectivity index (χ0n) is 15.1. The summed E-state index contributed by atoms with van der Waals surface area (Å²) in [4.78, 5) is 28.0. The Morgan fingerprint density at radius 3 is 2.64 bits per heavy atom. The van der Waals surface area contributed by atoms with Crippen molar-refractivity contribution in [1.82, 2.24) is 4.98 Å². The Labute approximate surface area is 170 Å². The van der Waals surface area contributed by atoms with Gasteiger partial charge in [-0.2, -0.15) is 0 Å². The molecule has 2 N–H and O–H groups in total. The topological polar surface area (TPSA) is 105 Å².